The summed E-state index contributed by atoms with van der Waals surface area (Å²) >= 11 is 4.83. The number of aromatic nitrogens is 1. The van der Waals surface area contributed by atoms with Gasteiger partial charge in [-0.3, -0.25) is 4.79 Å². The highest BCUT2D eigenvalue weighted by Gasteiger charge is 2.43. The summed E-state index contributed by atoms with van der Waals surface area (Å²) in [5.41, 5.74) is 0.828. The van der Waals surface area contributed by atoms with Crippen molar-refractivity contribution in [1.29, 1.82) is 0 Å². The van der Waals surface area contributed by atoms with E-state index in [2.05, 4.69) is 20.9 Å². The SMILES string of the molecule is C[C@@](CCc1nc2ccc(Br)cc2s1)(C(=O)O)S(C)(=O)=O. The normalized spacial score (nSPS) is 15.0. The number of hydrogen-bond donors (Lipinski definition) is 1. The molecule has 8 heteroatoms. The van der Waals surface area contributed by atoms with Crippen LogP contribution in [0.3, 0.4) is 0 Å². The summed E-state index contributed by atoms with van der Waals surface area (Å²) in [7, 11) is -3.70. The number of nitrogens with zero attached hydrogens (tertiary/aromatic N) is 1. The lowest BCUT2D eigenvalue weighted by molar-refractivity contribution is -0.139. The van der Waals surface area contributed by atoms with Gasteiger partial charge in [0.2, 0.25) is 0 Å². The molecule has 1 aromatic carbocycles. The van der Waals surface area contributed by atoms with Crippen molar-refractivity contribution in [2.75, 3.05) is 6.26 Å². The third kappa shape index (κ3) is 3.27. The number of aryl methyl sites for hydroxylation is 1. The van der Waals surface area contributed by atoms with E-state index in [1.165, 1.54) is 18.3 Å². The van der Waals surface area contributed by atoms with Crippen molar-refractivity contribution in [3.63, 3.8) is 0 Å². The lowest BCUT2D eigenvalue weighted by Crippen LogP contribution is -2.43. The van der Waals surface area contributed by atoms with Crippen LogP contribution in [0.15, 0.2) is 22.7 Å². The van der Waals surface area contributed by atoms with Gasteiger partial charge in [0, 0.05) is 17.1 Å². The molecule has 0 radical (unpaired) electrons. The van der Waals surface area contributed by atoms with Crippen molar-refractivity contribution in [2.45, 2.75) is 24.5 Å². The summed E-state index contributed by atoms with van der Waals surface area (Å²) in [6, 6.07) is 5.68. The first-order chi connectivity index (χ1) is 9.63. The molecule has 5 nitrogen and oxygen atoms in total. The van der Waals surface area contributed by atoms with Crippen LogP contribution in [0.2, 0.25) is 0 Å². The summed E-state index contributed by atoms with van der Waals surface area (Å²) in [6.45, 7) is 1.24. The predicted molar refractivity (Wildman–Crippen MR) is 86.5 cm³/mol. The molecule has 1 atom stereocenters. The molecule has 0 aliphatic carbocycles. The molecule has 0 aliphatic heterocycles. The average molecular weight is 392 g/mol. The highest BCUT2D eigenvalue weighted by atomic mass is 79.9. The van der Waals surface area contributed by atoms with Crippen molar-refractivity contribution < 1.29 is 18.3 Å². The lowest BCUT2D eigenvalue weighted by Gasteiger charge is -2.21. The maximum atomic E-state index is 11.7. The van der Waals surface area contributed by atoms with Crippen molar-refractivity contribution >= 4 is 53.3 Å². The van der Waals surface area contributed by atoms with E-state index in [-0.39, 0.29) is 6.42 Å². The Labute approximate surface area is 135 Å². The highest BCUT2D eigenvalue weighted by Crippen LogP contribution is 2.29. The minimum atomic E-state index is -3.70. The van der Waals surface area contributed by atoms with E-state index < -0.39 is 20.6 Å². The Hall–Kier alpha value is -0.990. The van der Waals surface area contributed by atoms with Crippen LogP contribution in [-0.4, -0.2) is 35.5 Å². The molecule has 0 bridgehead atoms. The van der Waals surface area contributed by atoms with Crippen LogP contribution in [0.4, 0.5) is 0 Å². The average Bonchev–Trinajstić information content (AvgIpc) is 2.76. The minimum Gasteiger partial charge on any atom is -0.480 e. The second-order valence-corrected chi connectivity index (χ2v) is 9.50. The van der Waals surface area contributed by atoms with Gasteiger partial charge in [-0.05, 0) is 31.5 Å². The molecule has 0 saturated heterocycles. The number of rotatable bonds is 5. The zero-order valence-electron chi connectivity index (χ0n) is 11.5. The summed E-state index contributed by atoms with van der Waals surface area (Å²) in [5, 5.41) is 9.96. The van der Waals surface area contributed by atoms with Crippen LogP contribution < -0.4 is 0 Å². The Balaban J connectivity index is 2.26. The number of hydrogen-bond acceptors (Lipinski definition) is 5. The maximum absolute atomic E-state index is 11.7. The predicted octanol–water partition coefficient (Wildman–Crippen LogP) is 2.88. The quantitative estimate of drug-likeness (QED) is 0.846. The Bertz CT molecular complexity index is 800. The number of fused-ring (bicyclic) bond motifs is 1. The van der Waals surface area contributed by atoms with Gasteiger partial charge in [0.15, 0.2) is 14.6 Å². The molecule has 1 N–H and O–H groups in total. The van der Waals surface area contributed by atoms with Crippen LogP contribution >= 0.6 is 27.3 Å². The second kappa shape index (κ2) is 5.66. The number of aliphatic carboxylic acids is 1. The molecule has 0 saturated carbocycles. The second-order valence-electron chi connectivity index (χ2n) is 5.03. The van der Waals surface area contributed by atoms with E-state index in [0.717, 1.165) is 26.0 Å². The first-order valence-electron chi connectivity index (χ1n) is 6.11. The Morgan fingerprint density at radius 2 is 2.14 bits per heavy atom. The molecule has 0 amide bonds. The number of benzene rings is 1. The van der Waals surface area contributed by atoms with Gasteiger partial charge < -0.3 is 5.11 Å². The van der Waals surface area contributed by atoms with Gasteiger partial charge in [-0.15, -0.1) is 11.3 Å². The first kappa shape index (κ1) is 16.4. The smallest absolute Gasteiger partial charge is 0.324 e. The Kier molecular flexibility index (Phi) is 4.41. The van der Waals surface area contributed by atoms with Crippen LogP contribution in [0.25, 0.3) is 10.2 Å². The molecule has 21 heavy (non-hydrogen) atoms. The number of sulfone groups is 1. The van der Waals surface area contributed by atoms with Gasteiger partial charge in [0.05, 0.1) is 15.2 Å². The molecule has 0 spiro atoms. The lowest BCUT2D eigenvalue weighted by atomic mass is 10.1. The summed E-state index contributed by atoms with van der Waals surface area (Å²) in [4.78, 5) is 15.7. The standard InChI is InChI=1S/C13H14BrNO4S2/c1-13(12(16)17,21(2,18)19)6-5-11-15-9-4-3-8(14)7-10(9)20-11/h3-4,7H,5-6H2,1-2H3,(H,16,17)/t13-/m1/s1. The third-order valence-electron chi connectivity index (χ3n) is 3.48. The maximum Gasteiger partial charge on any atom is 0.324 e. The number of halogens is 1. The summed E-state index contributed by atoms with van der Waals surface area (Å²) in [6.07, 6.45) is 1.27. The molecule has 1 aromatic heterocycles. The number of carboxylic acids is 1. The van der Waals surface area contributed by atoms with E-state index >= 15 is 0 Å². The van der Waals surface area contributed by atoms with Crippen LogP contribution in [0, 0.1) is 0 Å². The van der Waals surface area contributed by atoms with E-state index in [1.54, 1.807) is 0 Å². The van der Waals surface area contributed by atoms with Crippen molar-refractivity contribution in [3.05, 3.63) is 27.7 Å². The van der Waals surface area contributed by atoms with Crippen molar-refractivity contribution in [3.8, 4) is 0 Å². The number of carbonyl (C=O) groups is 1. The van der Waals surface area contributed by atoms with Gasteiger partial charge in [-0.2, -0.15) is 0 Å². The fourth-order valence-electron chi connectivity index (χ4n) is 1.85. The minimum absolute atomic E-state index is 0.00214. The Morgan fingerprint density at radius 3 is 2.71 bits per heavy atom. The fourth-order valence-corrected chi connectivity index (χ4v) is 4.16. The van der Waals surface area contributed by atoms with Gasteiger partial charge in [0.25, 0.3) is 0 Å². The molecule has 0 aliphatic rings. The van der Waals surface area contributed by atoms with Crippen LogP contribution in [-0.2, 0) is 21.1 Å². The molecular weight excluding hydrogens is 378 g/mol. The summed E-state index contributed by atoms with van der Waals surface area (Å²) < 4.78 is 23.6. The topological polar surface area (TPSA) is 84.3 Å². The zero-order valence-corrected chi connectivity index (χ0v) is 14.7. The van der Waals surface area contributed by atoms with Gasteiger partial charge in [-0.1, -0.05) is 15.9 Å². The van der Waals surface area contributed by atoms with Crippen LogP contribution in [0.5, 0.6) is 0 Å². The van der Waals surface area contributed by atoms with E-state index in [4.69, 9.17) is 0 Å². The molecule has 2 rings (SSSR count). The zero-order chi connectivity index (χ0) is 15.8. The van der Waals surface area contributed by atoms with Crippen molar-refractivity contribution in [2.24, 2.45) is 0 Å². The number of thiazole rings is 1. The van der Waals surface area contributed by atoms with Gasteiger partial charge >= 0.3 is 5.97 Å². The third-order valence-corrected chi connectivity index (χ3v) is 7.07. The van der Waals surface area contributed by atoms with Gasteiger partial charge in [0.1, 0.15) is 0 Å². The van der Waals surface area contributed by atoms with E-state index in [9.17, 15) is 18.3 Å². The summed E-state index contributed by atoms with van der Waals surface area (Å²) in [5.74, 6) is -1.33. The molecule has 0 unspecified atom stereocenters. The largest absolute Gasteiger partial charge is 0.480 e. The van der Waals surface area contributed by atoms with Crippen LogP contribution in [0.1, 0.15) is 18.4 Å². The first-order valence-corrected chi connectivity index (χ1v) is 9.61. The molecule has 2 aromatic rings. The molecule has 114 valence electrons. The molecule has 0 fully saturated rings. The van der Waals surface area contributed by atoms with Gasteiger partial charge in [-0.25, -0.2) is 13.4 Å². The molecule has 1 heterocycles. The monoisotopic (exact) mass is 391 g/mol. The van der Waals surface area contributed by atoms with E-state index in [1.807, 2.05) is 18.2 Å². The highest BCUT2D eigenvalue weighted by molar-refractivity contribution is 9.10. The number of carboxylic acid groups (broad SMARTS) is 1. The molecular formula is C13H14BrNO4S2. The Morgan fingerprint density at radius 1 is 1.48 bits per heavy atom. The fraction of sp³-hybridized carbons (Fsp3) is 0.385. The van der Waals surface area contributed by atoms with E-state index in [0.29, 0.717) is 6.42 Å². The van der Waals surface area contributed by atoms with Crippen molar-refractivity contribution in [1.82, 2.24) is 4.98 Å².